The molecule has 0 aliphatic rings. The van der Waals surface area contributed by atoms with E-state index in [0.29, 0.717) is 0 Å². The van der Waals surface area contributed by atoms with Gasteiger partial charge in [-0.1, -0.05) is 16.6 Å². The highest BCUT2D eigenvalue weighted by atomic mass is 32.1. The molecule has 0 spiro atoms. The Hall–Kier alpha value is -1.33. The molecule has 14 heavy (non-hydrogen) atoms. The fourth-order valence-electron chi connectivity index (χ4n) is 1.18. The van der Waals surface area contributed by atoms with Crippen molar-refractivity contribution >= 4 is 11.5 Å². The molecule has 5 heteroatoms. The molecule has 1 heterocycles. The molecular formula is C9H8FN3S. The summed E-state index contributed by atoms with van der Waals surface area (Å²) >= 11 is 1.22. The Kier molecular flexibility index (Phi) is 2.51. The summed E-state index contributed by atoms with van der Waals surface area (Å²) in [5, 5.41) is 3.69. The predicted octanol–water partition coefficient (Wildman–Crippen LogP) is 1.73. The van der Waals surface area contributed by atoms with Gasteiger partial charge in [-0.05, 0) is 29.2 Å². The van der Waals surface area contributed by atoms with E-state index in [4.69, 9.17) is 5.73 Å². The number of nitrogens with zero attached hydrogens (tertiary/aromatic N) is 2. The minimum Gasteiger partial charge on any atom is -0.320 e. The Balaban J connectivity index is 2.32. The largest absolute Gasteiger partial charge is 0.320 e. The van der Waals surface area contributed by atoms with Crippen LogP contribution in [0.25, 0.3) is 0 Å². The van der Waals surface area contributed by atoms with E-state index < -0.39 is 0 Å². The van der Waals surface area contributed by atoms with Crippen LogP contribution < -0.4 is 5.73 Å². The minimum absolute atomic E-state index is 0.282. The van der Waals surface area contributed by atoms with E-state index in [2.05, 4.69) is 9.59 Å². The van der Waals surface area contributed by atoms with E-state index in [0.717, 1.165) is 10.4 Å². The van der Waals surface area contributed by atoms with Crippen LogP contribution in [-0.4, -0.2) is 9.59 Å². The second-order valence-corrected chi connectivity index (χ2v) is 3.67. The fourth-order valence-corrected chi connectivity index (χ4v) is 1.71. The van der Waals surface area contributed by atoms with Crippen LogP contribution in [0, 0.1) is 5.82 Å². The fraction of sp³-hybridized carbons (Fsp3) is 0.111. The van der Waals surface area contributed by atoms with E-state index in [1.54, 1.807) is 18.3 Å². The molecule has 2 rings (SSSR count). The summed E-state index contributed by atoms with van der Waals surface area (Å²) in [6.07, 6.45) is 1.60. The first-order valence-corrected chi connectivity index (χ1v) is 4.83. The SMILES string of the molecule is NC(c1cccc(F)c1)c1cnns1. The maximum absolute atomic E-state index is 12.9. The summed E-state index contributed by atoms with van der Waals surface area (Å²) in [4.78, 5) is 0.829. The highest BCUT2D eigenvalue weighted by Gasteiger charge is 2.11. The number of rotatable bonds is 2. The van der Waals surface area contributed by atoms with Crippen molar-refractivity contribution in [2.24, 2.45) is 5.73 Å². The normalized spacial score (nSPS) is 12.7. The summed E-state index contributed by atoms with van der Waals surface area (Å²) in [7, 11) is 0. The van der Waals surface area contributed by atoms with Crippen molar-refractivity contribution in [3.05, 3.63) is 46.7 Å². The summed E-state index contributed by atoms with van der Waals surface area (Å²) in [5.74, 6) is -0.282. The third-order valence-electron chi connectivity index (χ3n) is 1.89. The molecule has 0 saturated carbocycles. The van der Waals surface area contributed by atoms with Crippen LogP contribution in [0.5, 0.6) is 0 Å². The van der Waals surface area contributed by atoms with Gasteiger partial charge >= 0.3 is 0 Å². The number of hydrogen-bond acceptors (Lipinski definition) is 4. The molecule has 0 radical (unpaired) electrons. The van der Waals surface area contributed by atoms with E-state index >= 15 is 0 Å². The Morgan fingerprint density at radius 3 is 2.93 bits per heavy atom. The first kappa shape index (κ1) is 9.23. The smallest absolute Gasteiger partial charge is 0.123 e. The van der Waals surface area contributed by atoms with E-state index in [1.807, 2.05) is 0 Å². The van der Waals surface area contributed by atoms with Crippen LogP contribution in [0.15, 0.2) is 30.5 Å². The van der Waals surface area contributed by atoms with Crippen molar-refractivity contribution in [1.29, 1.82) is 0 Å². The molecule has 0 aliphatic carbocycles. The van der Waals surface area contributed by atoms with Crippen LogP contribution >= 0.6 is 11.5 Å². The Morgan fingerprint density at radius 1 is 1.43 bits per heavy atom. The molecule has 72 valence electrons. The number of benzene rings is 1. The number of nitrogens with two attached hydrogens (primary N) is 1. The molecule has 0 bridgehead atoms. The third-order valence-corrected chi connectivity index (χ3v) is 2.64. The van der Waals surface area contributed by atoms with Crippen LogP contribution in [-0.2, 0) is 0 Å². The predicted molar refractivity (Wildman–Crippen MR) is 52.3 cm³/mol. The van der Waals surface area contributed by atoms with Gasteiger partial charge in [0.15, 0.2) is 0 Å². The van der Waals surface area contributed by atoms with Crippen molar-refractivity contribution in [1.82, 2.24) is 9.59 Å². The average Bonchev–Trinajstić information content (AvgIpc) is 2.69. The Morgan fingerprint density at radius 2 is 2.29 bits per heavy atom. The Bertz CT molecular complexity index is 416. The molecule has 1 atom stereocenters. The topological polar surface area (TPSA) is 51.8 Å². The molecule has 0 aliphatic heterocycles. The van der Waals surface area contributed by atoms with Gasteiger partial charge in [0.1, 0.15) is 5.82 Å². The van der Waals surface area contributed by atoms with Crippen LogP contribution in [0.1, 0.15) is 16.5 Å². The van der Waals surface area contributed by atoms with Gasteiger partial charge in [0.05, 0.1) is 17.1 Å². The van der Waals surface area contributed by atoms with Gasteiger partial charge in [-0.15, -0.1) is 5.10 Å². The lowest BCUT2D eigenvalue weighted by Crippen LogP contribution is -2.10. The molecule has 0 saturated heterocycles. The zero-order chi connectivity index (χ0) is 9.97. The van der Waals surface area contributed by atoms with Crippen molar-refractivity contribution < 1.29 is 4.39 Å². The number of hydrogen-bond donors (Lipinski definition) is 1. The molecule has 2 N–H and O–H groups in total. The lowest BCUT2D eigenvalue weighted by Gasteiger charge is -2.07. The molecule has 2 aromatic rings. The lowest BCUT2D eigenvalue weighted by atomic mass is 10.1. The van der Waals surface area contributed by atoms with Gasteiger partial charge in [-0.25, -0.2) is 4.39 Å². The molecule has 0 amide bonds. The number of aromatic nitrogens is 2. The summed E-state index contributed by atoms with van der Waals surface area (Å²) in [6.45, 7) is 0. The Labute approximate surface area is 84.5 Å². The van der Waals surface area contributed by atoms with Crippen LogP contribution in [0.4, 0.5) is 4.39 Å². The van der Waals surface area contributed by atoms with Gasteiger partial charge in [-0.3, -0.25) is 0 Å². The van der Waals surface area contributed by atoms with Crippen LogP contribution in [0.2, 0.25) is 0 Å². The van der Waals surface area contributed by atoms with Crippen molar-refractivity contribution in [3.8, 4) is 0 Å². The zero-order valence-electron chi connectivity index (χ0n) is 7.22. The maximum Gasteiger partial charge on any atom is 0.123 e. The molecule has 3 nitrogen and oxygen atoms in total. The quantitative estimate of drug-likeness (QED) is 0.819. The van der Waals surface area contributed by atoms with E-state index in [1.165, 1.54) is 23.7 Å². The maximum atomic E-state index is 12.9. The summed E-state index contributed by atoms with van der Waals surface area (Å²) < 4.78 is 16.6. The molecule has 0 fully saturated rings. The van der Waals surface area contributed by atoms with Crippen molar-refractivity contribution in [2.75, 3.05) is 0 Å². The molecular weight excluding hydrogens is 201 g/mol. The zero-order valence-corrected chi connectivity index (χ0v) is 8.04. The monoisotopic (exact) mass is 209 g/mol. The highest BCUT2D eigenvalue weighted by molar-refractivity contribution is 7.05. The molecule has 1 aromatic carbocycles. The first-order chi connectivity index (χ1) is 6.77. The second-order valence-electron chi connectivity index (χ2n) is 2.85. The third kappa shape index (κ3) is 1.78. The van der Waals surface area contributed by atoms with E-state index in [-0.39, 0.29) is 11.9 Å². The first-order valence-electron chi connectivity index (χ1n) is 4.05. The van der Waals surface area contributed by atoms with Crippen molar-refractivity contribution in [3.63, 3.8) is 0 Å². The van der Waals surface area contributed by atoms with E-state index in [9.17, 15) is 4.39 Å². The van der Waals surface area contributed by atoms with Gasteiger partial charge < -0.3 is 5.73 Å². The number of halogens is 1. The summed E-state index contributed by atoms with van der Waals surface area (Å²) in [5.41, 5.74) is 6.63. The van der Waals surface area contributed by atoms with Gasteiger partial charge in [0.25, 0.3) is 0 Å². The van der Waals surface area contributed by atoms with Crippen molar-refractivity contribution in [2.45, 2.75) is 6.04 Å². The van der Waals surface area contributed by atoms with Gasteiger partial charge in [0, 0.05) is 0 Å². The second kappa shape index (κ2) is 3.81. The lowest BCUT2D eigenvalue weighted by molar-refractivity contribution is 0.624. The molecule has 1 aromatic heterocycles. The average molecular weight is 209 g/mol. The summed E-state index contributed by atoms with van der Waals surface area (Å²) in [6, 6.07) is 5.89. The van der Waals surface area contributed by atoms with Crippen LogP contribution in [0.3, 0.4) is 0 Å². The standard InChI is InChI=1S/C9H8FN3S/c10-7-3-1-2-6(4-7)9(11)8-5-12-13-14-8/h1-5,9H,11H2. The molecule has 1 unspecified atom stereocenters. The highest BCUT2D eigenvalue weighted by Crippen LogP contribution is 2.21. The van der Waals surface area contributed by atoms with Gasteiger partial charge in [-0.2, -0.15) is 0 Å². The minimum atomic E-state index is -0.342. The van der Waals surface area contributed by atoms with Gasteiger partial charge in [0.2, 0.25) is 0 Å².